The van der Waals surface area contributed by atoms with E-state index in [0.29, 0.717) is 18.3 Å². The number of aliphatic hydroxyl groups is 1. The Morgan fingerprint density at radius 2 is 2.28 bits per heavy atom. The largest absolute Gasteiger partial charge is 0.390 e. The summed E-state index contributed by atoms with van der Waals surface area (Å²) in [6.07, 6.45) is 5.93. The van der Waals surface area contributed by atoms with Gasteiger partial charge in [0.05, 0.1) is 31.3 Å². The molecule has 1 atom stereocenters. The van der Waals surface area contributed by atoms with E-state index in [-0.39, 0.29) is 6.61 Å². The molecule has 0 radical (unpaired) electrons. The molecular formula is C13H21N3O2. The number of aromatic nitrogens is 2. The van der Waals surface area contributed by atoms with E-state index in [4.69, 9.17) is 9.84 Å². The minimum absolute atomic E-state index is 0.0727. The van der Waals surface area contributed by atoms with Gasteiger partial charge in [-0.05, 0) is 25.7 Å². The van der Waals surface area contributed by atoms with E-state index in [0.717, 1.165) is 18.3 Å². The predicted octanol–water partition coefficient (Wildman–Crippen LogP) is 1.22. The number of nitrogens with zero attached hydrogens (tertiary/aromatic N) is 3. The first-order valence-electron chi connectivity index (χ1n) is 6.43. The van der Waals surface area contributed by atoms with Gasteiger partial charge in [0.2, 0.25) is 0 Å². The quantitative estimate of drug-likeness (QED) is 0.789. The first-order chi connectivity index (χ1) is 8.76. The summed E-state index contributed by atoms with van der Waals surface area (Å²) in [5.74, 6) is 1.58. The van der Waals surface area contributed by atoms with E-state index in [9.17, 15) is 0 Å². The Morgan fingerprint density at radius 1 is 1.50 bits per heavy atom. The van der Waals surface area contributed by atoms with Crippen LogP contribution in [-0.2, 0) is 11.3 Å². The van der Waals surface area contributed by atoms with Crippen LogP contribution in [0.3, 0.4) is 0 Å². The molecule has 1 aromatic rings. The molecule has 100 valence electrons. The van der Waals surface area contributed by atoms with Crippen molar-refractivity contribution < 1.29 is 9.84 Å². The summed E-state index contributed by atoms with van der Waals surface area (Å²) in [4.78, 5) is 10.8. The van der Waals surface area contributed by atoms with Crippen LogP contribution in [0.15, 0.2) is 12.4 Å². The summed E-state index contributed by atoms with van der Waals surface area (Å²) in [6, 6.07) is 0.448. The molecule has 0 aromatic carbocycles. The zero-order valence-electron chi connectivity index (χ0n) is 11.0. The third kappa shape index (κ3) is 3.17. The second-order valence-corrected chi connectivity index (χ2v) is 4.79. The summed E-state index contributed by atoms with van der Waals surface area (Å²) in [5, 5.41) is 9.13. The Hall–Kier alpha value is -1.20. The van der Waals surface area contributed by atoms with Crippen LogP contribution in [0.5, 0.6) is 0 Å². The summed E-state index contributed by atoms with van der Waals surface area (Å²) in [5.41, 5.74) is 0.609. The SMILES string of the molecule is COCCN(c1cncc(CO)n1)C(C)C1CC1. The maximum atomic E-state index is 9.13. The van der Waals surface area contributed by atoms with Gasteiger partial charge in [0.15, 0.2) is 0 Å². The molecule has 1 heterocycles. The molecule has 5 nitrogen and oxygen atoms in total. The van der Waals surface area contributed by atoms with Crippen LogP contribution in [-0.4, -0.2) is 41.4 Å². The molecule has 1 aliphatic rings. The second kappa shape index (κ2) is 6.11. The molecule has 1 aliphatic carbocycles. The zero-order valence-corrected chi connectivity index (χ0v) is 11.0. The van der Waals surface area contributed by atoms with Crippen LogP contribution in [0, 0.1) is 5.92 Å². The van der Waals surface area contributed by atoms with Gasteiger partial charge in [0.25, 0.3) is 0 Å². The van der Waals surface area contributed by atoms with Crippen molar-refractivity contribution in [3.63, 3.8) is 0 Å². The standard InChI is InChI=1S/C13H21N3O2/c1-10(11-3-4-11)16(5-6-18-2)13-8-14-7-12(9-17)15-13/h7-8,10-11,17H,3-6,9H2,1-2H3. The summed E-state index contributed by atoms with van der Waals surface area (Å²) in [6.45, 7) is 3.62. The average molecular weight is 251 g/mol. The molecule has 0 saturated heterocycles. The molecule has 0 spiro atoms. The molecule has 1 saturated carbocycles. The highest BCUT2D eigenvalue weighted by Crippen LogP contribution is 2.36. The maximum Gasteiger partial charge on any atom is 0.147 e. The number of methoxy groups -OCH3 is 1. The van der Waals surface area contributed by atoms with Crippen LogP contribution >= 0.6 is 0 Å². The zero-order chi connectivity index (χ0) is 13.0. The molecule has 1 N–H and O–H groups in total. The Morgan fingerprint density at radius 3 is 2.89 bits per heavy atom. The number of anilines is 1. The van der Waals surface area contributed by atoms with Crippen LogP contribution < -0.4 is 4.90 Å². The van der Waals surface area contributed by atoms with Crippen molar-refractivity contribution in [2.24, 2.45) is 5.92 Å². The predicted molar refractivity (Wildman–Crippen MR) is 69.4 cm³/mol. The van der Waals surface area contributed by atoms with Crippen molar-refractivity contribution >= 4 is 5.82 Å². The van der Waals surface area contributed by atoms with Gasteiger partial charge in [-0.2, -0.15) is 0 Å². The fourth-order valence-electron chi connectivity index (χ4n) is 2.16. The molecule has 0 aliphatic heterocycles. The van der Waals surface area contributed by atoms with Crippen molar-refractivity contribution in [1.82, 2.24) is 9.97 Å². The van der Waals surface area contributed by atoms with Gasteiger partial charge >= 0.3 is 0 Å². The number of hydrogen-bond acceptors (Lipinski definition) is 5. The Kier molecular flexibility index (Phi) is 4.49. The summed E-state index contributed by atoms with van der Waals surface area (Å²) < 4.78 is 5.16. The fourth-order valence-corrected chi connectivity index (χ4v) is 2.16. The third-order valence-corrected chi connectivity index (χ3v) is 3.46. The topological polar surface area (TPSA) is 58.5 Å². The van der Waals surface area contributed by atoms with E-state index < -0.39 is 0 Å². The van der Waals surface area contributed by atoms with Crippen LogP contribution in [0.2, 0.25) is 0 Å². The molecule has 5 heteroatoms. The van der Waals surface area contributed by atoms with E-state index in [1.807, 2.05) is 0 Å². The highest BCUT2D eigenvalue weighted by Gasteiger charge is 2.32. The summed E-state index contributed by atoms with van der Waals surface area (Å²) in [7, 11) is 1.70. The van der Waals surface area contributed by atoms with E-state index in [1.165, 1.54) is 12.8 Å². The molecular weight excluding hydrogens is 230 g/mol. The number of aliphatic hydroxyl groups excluding tert-OH is 1. The van der Waals surface area contributed by atoms with Crippen molar-refractivity contribution in [1.29, 1.82) is 0 Å². The highest BCUT2D eigenvalue weighted by molar-refractivity contribution is 5.38. The van der Waals surface area contributed by atoms with E-state index in [1.54, 1.807) is 19.5 Å². The molecule has 1 unspecified atom stereocenters. The Balaban J connectivity index is 2.14. The minimum Gasteiger partial charge on any atom is -0.390 e. The highest BCUT2D eigenvalue weighted by atomic mass is 16.5. The second-order valence-electron chi connectivity index (χ2n) is 4.79. The molecule has 0 amide bonds. The number of hydrogen-bond donors (Lipinski definition) is 1. The van der Waals surface area contributed by atoms with Gasteiger partial charge in [0.1, 0.15) is 5.82 Å². The lowest BCUT2D eigenvalue weighted by atomic mass is 10.2. The number of ether oxygens (including phenoxy) is 1. The van der Waals surface area contributed by atoms with Crippen LogP contribution in [0.25, 0.3) is 0 Å². The molecule has 2 rings (SSSR count). The van der Waals surface area contributed by atoms with E-state index >= 15 is 0 Å². The van der Waals surface area contributed by atoms with Gasteiger partial charge in [-0.15, -0.1) is 0 Å². The smallest absolute Gasteiger partial charge is 0.147 e. The lowest BCUT2D eigenvalue weighted by Gasteiger charge is -2.30. The van der Waals surface area contributed by atoms with Gasteiger partial charge < -0.3 is 14.7 Å². The minimum atomic E-state index is -0.0727. The van der Waals surface area contributed by atoms with Crippen LogP contribution in [0.4, 0.5) is 5.82 Å². The first kappa shape index (κ1) is 13.2. The van der Waals surface area contributed by atoms with Crippen molar-refractivity contribution in [3.05, 3.63) is 18.1 Å². The van der Waals surface area contributed by atoms with Gasteiger partial charge in [-0.1, -0.05) is 0 Å². The number of rotatable bonds is 7. The first-order valence-corrected chi connectivity index (χ1v) is 6.43. The molecule has 1 aromatic heterocycles. The lowest BCUT2D eigenvalue weighted by molar-refractivity contribution is 0.202. The molecule has 0 bridgehead atoms. The fraction of sp³-hybridized carbons (Fsp3) is 0.692. The lowest BCUT2D eigenvalue weighted by Crippen LogP contribution is -2.38. The normalized spacial score (nSPS) is 16.6. The monoisotopic (exact) mass is 251 g/mol. The average Bonchev–Trinajstić information content (AvgIpc) is 3.23. The summed E-state index contributed by atoms with van der Waals surface area (Å²) >= 11 is 0. The Bertz CT molecular complexity index is 382. The van der Waals surface area contributed by atoms with Gasteiger partial charge in [-0.25, -0.2) is 4.98 Å². The van der Waals surface area contributed by atoms with Gasteiger partial charge in [0, 0.05) is 19.7 Å². The van der Waals surface area contributed by atoms with Crippen molar-refractivity contribution in [2.75, 3.05) is 25.2 Å². The van der Waals surface area contributed by atoms with Crippen molar-refractivity contribution in [3.8, 4) is 0 Å². The third-order valence-electron chi connectivity index (χ3n) is 3.46. The van der Waals surface area contributed by atoms with Gasteiger partial charge in [-0.3, -0.25) is 4.98 Å². The molecule has 18 heavy (non-hydrogen) atoms. The van der Waals surface area contributed by atoms with E-state index in [2.05, 4.69) is 21.8 Å². The molecule has 1 fully saturated rings. The van der Waals surface area contributed by atoms with Crippen LogP contribution in [0.1, 0.15) is 25.5 Å². The van der Waals surface area contributed by atoms with Crippen molar-refractivity contribution in [2.45, 2.75) is 32.4 Å². The maximum absolute atomic E-state index is 9.13. The Labute approximate surface area is 108 Å².